The summed E-state index contributed by atoms with van der Waals surface area (Å²) in [6, 6.07) is -0.479. The summed E-state index contributed by atoms with van der Waals surface area (Å²) < 4.78 is 0. The molecule has 0 saturated carbocycles. The Morgan fingerprint density at radius 1 is 1.62 bits per heavy atom. The molecule has 4 nitrogen and oxygen atoms in total. The van der Waals surface area contributed by atoms with Crippen LogP contribution in [0, 0.1) is 5.92 Å². The van der Waals surface area contributed by atoms with Crippen molar-refractivity contribution >= 4 is 5.97 Å². The highest BCUT2D eigenvalue weighted by atomic mass is 16.4. The number of hydrogen-bond donors (Lipinski definition) is 2. The van der Waals surface area contributed by atoms with Crippen molar-refractivity contribution in [2.45, 2.75) is 25.8 Å². The lowest BCUT2D eigenvalue weighted by Crippen LogP contribution is -2.49. The van der Waals surface area contributed by atoms with Gasteiger partial charge in [0.2, 0.25) is 0 Å². The van der Waals surface area contributed by atoms with Gasteiger partial charge in [-0.2, -0.15) is 0 Å². The SMILES string of the molecule is CC1CCN(C(CN)C(=O)O)CC1. The zero-order valence-electron chi connectivity index (χ0n) is 8.07. The molecular formula is C9H18N2O2. The maximum Gasteiger partial charge on any atom is 0.322 e. The number of nitrogens with two attached hydrogens (primary N) is 1. The number of hydrogen-bond acceptors (Lipinski definition) is 3. The normalized spacial score (nSPS) is 22.9. The molecule has 1 rings (SSSR count). The summed E-state index contributed by atoms with van der Waals surface area (Å²) in [4.78, 5) is 12.8. The number of aliphatic carboxylic acids is 1. The first-order valence-electron chi connectivity index (χ1n) is 4.82. The van der Waals surface area contributed by atoms with E-state index < -0.39 is 12.0 Å². The lowest BCUT2D eigenvalue weighted by atomic mass is 9.98. The summed E-state index contributed by atoms with van der Waals surface area (Å²) in [5, 5.41) is 8.87. The van der Waals surface area contributed by atoms with Crippen LogP contribution in [0.2, 0.25) is 0 Å². The average molecular weight is 186 g/mol. The molecule has 0 aliphatic carbocycles. The maximum absolute atomic E-state index is 10.8. The van der Waals surface area contributed by atoms with Gasteiger partial charge in [-0.05, 0) is 31.8 Å². The van der Waals surface area contributed by atoms with E-state index in [9.17, 15) is 4.79 Å². The minimum Gasteiger partial charge on any atom is -0.480 e. The summed E-state index contributed by atoms with van der Waals surface area (Å²) in [5.74, 6) is -0.0690. The van der Waals surface area contributed by atoms with E-state index in [-0.39, 0.29) is 6.54 Å². The molecule has 76 valence electrons. The molecule has 3 N–H and O–H groups in total. The van der Waals surface area contributed by atoms with Crippen molar-refractivity contribution in [1.82, 2.24) is 4.90 Å². The topological polar surface area (TPSA) is 66.6 Å². The van der Waals surface area contributed by atoms with Crippen LogP contribution < -0.4 is 5.73 Å². The Morgan fingerprint density at radius 2 is 2.15 bits per heavy atom. The van der Waals surface area contributed by atoms with Gasteiger partial charge in [-0.3, -0.25) is 9.69 Å². The molecule has 1 aliphatic rings. The van der Waals surface area contributed by atoms with Crippen molar-refractivity contribution in [3.63, 3.8) is 0 Å². The summed E-state index contributed by atoms with van der Waals surface area (Å²) in [5.41, 5.74) is 5.42. The van der Waals surface area contributed by atoms with Gasteiger partial charge in [-0.15, -0.1) is 0 Å². The summed E-state index contributed by atoms with van der Waals surface area (Å²) >= 11 is 0. The molecule has 1 heterocycles. The quantitative estimate of drug-likeness (QED) is 0.657. The van der Waals surface area contributed by atoms with Crippen LogP contribution in [-0.4, -0.2) is 41.7 Å². The van der Waals surface area contributed by atoms with E-state index >= 15 is 0 Å². The fourth-order valence-electron chi connectivity index (χ4n) is 1.75. The van der Waals surface area contributed by atoms with Crippen LogP contribution in [0.25, 0.3) is 0 Å². The highest BCUT2D eigenvalue weighted by molar-refractivity contribution is 5.73. The second-order valence-corrected chi connectivity index (χ2v) is 3.81. The lowest BCUT2D eigenvalue weighted by Gasteiger charge is -2.33. The minimum atomic E-state index is -0.794. The highest BCUT2D eigenvalue weighted by Crippen LogP contribution is 2.17. The van der Waals surface area contributed by atoms with Gasteiger partial charge in [0.15, 0.2) is 0 Å². The molecule has 1 saturated heterocycles. The van der Waals surface area contributed by atoms with Crippen molar-refractivity contribution in [3.05, 3.63) is 0 Å². The molecule has 0 spiro atoms. The number of likely N-dealkylation sites (tertiary alicyclic amines) is 1. The van der Waals surface area contributed by atoms with Crippen LogP contribution in [-0.2, 0) is 4.79 Å². The Balaban J connectivity index is 2.46. The second kappa shape index (κ2) is 4.58. The molecule has 1 aliphatic heterocycles. The Kier molecular flexibility index (Phi) is 3.69. The molecule has 1 unspecified atom stereocenters. The average Bonchev–Trinajstić information content (AvgIpc) is 2.09. The van der Waals surface area contributed by atoms with Gasteiger partial charge in [0.25, 0.3) is 0 Å². The van der Waals surface area contributed by atoms with Crippen LogP contribution in [0.3, 0.4) is 0 Å². The summed E-state index contributed by atoms with van der Waals surface area (Å²) in [6.07, 6.45) is 2.17. The van der Waals surface area contributed by atoms with Gasteiger partial charge in [0, 0.05) is 6.54 Å². The molecule has 0 amide bonds. The number of carboxylic acid groups (broad SMARTS) is 1. The minimum absolute atomic E-state index is 0.212. The van der Waals surface area contributed by atoms with Crippen LogP contribution in [0.5, 0.6) is 0 Å². The second-order valence-electron chi connectivity index (χ2n) is 3.81. The van der Waals surface area contributed by atoms with Gasteiger partial charge >= 0.3 is 5.97 Å². The number of nitrogens with zero attached hydrogens (tertiary/aromatic N) is 1. The Bertz CT molecular complexity index is 176. The molecular weight excluding hydrogens is 168 g/mol. The van der Waals surface area contributed by atoms with Crippen LogP contribution >= 0.6 is 0 Å². The van der Waals surface area contributed by atoms with Crippen LogP contribution in [0.1, 0.15) is 19.8 Å². The van der Waals surface area contributed by atoms with Gasteiger partial charge < -0.3 is 10.8 Å². The Hall–Kier alpha value is -0.610. The number of rotatable bonds is 3. The van der Waals surface area contributed by atoms with E-state index in [4.69, 9.17) is 10.8 Å². The number of carbonyl (C=O) groups is 1. The van der Waals surface area contributed by atoms with E-state index in [1.807, 2.05) is 4.90 Å². The zero-order valence-corrected chi connectivity index (χ0v) is 8.07. The first-order chi connectivity index (χ1) is 6.15. The smallest absolute Gasteiger partial charge is 0.322 e. The zero-order chi connectivity index (χ0) is 9.84. The Morgan fingerprint density at radius 3 is 2.54 bits per heavy atom. The van der Waals surface area contributed by atoms with E-state index in [2.05, 4.69) is 6.92 Å². The van der Waals surface area contributed by atoms with E-state index in [0.717, 1.165) is 31.8 Å². The van der Waals surface area contributed by atoms with E-state index in [1.165, 1.54) is 0 Å². The molecule has 0 aromatic rings. The van der Waals surface area contributed by atoms with E-state index in [0.29, 0.717) is 0 Å². The lowest BCUT2D eigenvalue weighted by molar-refractivity contribution is -0.143. The number of piperidine rings is 1. The van der Waals surface area contributed by atoms with Gasteiger partial charge in [0.05, 0.1) is 0 Å². The fourth-order valence-corrected chi connectivity index (χ4v) is 1.75. The fraction of sp³-hybridized carbons (Fsp3) is 0.889. The van der Waals surface area contributed by atoms with Crippen LogP contribution in [0.15, 0.2) is 0 Å². The van der Waals surface area contributed by atoms with Gasteiger partial charge in [-0.25, -0.2) is 0 Å². The van der Waals surface area contributed by atoms with Gasteiger partial charge in [-0.1, -0.05) is 6.92 Å². The van der Waals surface area contributed by atoms with Crippen LogP contribution in [0.4, 0.5) is 0 Å². The van der Waals surface area contributed by atoms with Crippen molar-refractivity contribution in [2.24, 2.45) is 11.7 Å². The monoisotopic (exact) mass is 186 g/mol. The van der Waals surface area contributed by atoms with Crippen molar-refractivity contribution in [3.8, 4) is 0 Å². The predicted molar refractivity (Wildman–Crippen MR) is 50.4 cm³/mol. The van der Waals surface area contributed by atoms with Crippen molar-refractivity contribution in [1.29, 1.82) is 0 Å². The molecule has 1 atom stereocenters. The van der Waals surface area contributed by atoms with E-state index in [1.54, 1.807) is 0 Å². The number of carboxylic acids is 1. The highest BCUT2D eigenvalue weighted by Gasteiger charge is 2.26. The Labute approximate surface area is 78.7 Å². The third-order valence-electron chi connectivity index (χ3n) is 2.77. The molecule has 13 heavy (non-hydrogen) atoms. The summed E-state index contributed by atoms with van der Waals surface area (Å²) in [7, 11) is 0. The maximum atomic E-state index is 10.8. The largest absolute Gasteiger partial charge is 0.480 e. The molecule has 0 aromatic carbocycles. The molecule has 0 aromatic heterocycles. The summed E-state index contributed by atoms with van der Waals surface area (Å²) in [6.45, 7) is 4.16. The molecule has 4 heteroatoms. The standard InChI is InChI=1S/C9H18N2O2/c1-7-2-4-11(5-3-7)8(6-10)9(12)13/h7-8H,2-6,10H2,1H3,(H,12,13). The van der Waals surface area contributed by atoms with Crippen molar-refractivity contribution < 1.29 is 9.90 Å². The molecule has 1 fully saturated rings. The molecule has 0 radical (unpaired) electrons. The predicted octanol–water partition coefficient (Wildman–Crippen LogP) is 0.130. The first-order valence-corrected chi connectivity index (χ1v) is 4.82. The first kappa shape index (κ1) is 10.5. The molecule has 0 bridgehead atoms. The third-order valence-corrected chi connectivity index (χ3v) is 2.77. The third kappa shape index (κ3) is 2.67. The van der Waals surface area contributed by atoms with Gasteiger partial charge in [0.1, 0.15) is 6.04 Å². The van der Waals surface area contributed by atoms with Crippen molar-refractivity contribution in [2.75, 3.05) is 19.6 Å².